The van der Waals surface area contributed by atoms with Gasteiger partial charge in [-0.1, -0.05) is 6.92 Å². The Bertz CT molecular complexity index is 270. The van der Waals surface area contributed by atoms with Gasteiger partial charge in [-0.05, 0) is 37.3 Å². The first-order valence-electron chi connectivity index (χ1n) is 5.04. The van der Waals surface area contributed by atoms with Crippen LogP contribution in [-0.4, -0.2) is 17.8 Å². The lowest BCUT2D eigenvalue weighted by Gasteiger charge is -2.21. The van der Waals surface area contributed by atoms with Crippen molar-refractivity contribution in [2.45, 2.75) is 39.4 Å². The molecule has 0 aliphatic heterocycles. The Labute approximate surface area is 89.5 Å². The molecule has 2 atom stereocenters. The molecule has 0 saturated carbocycles. The summed E-state index contributed by atoms with van der Waals surface area (Å²) in [5.41, 5.74) is 1.01. The molecule has 1 rings (SSSR count). The first-order valence-corrected chi connectivity index (χ1v) is 5.92. The maximum atomic E-state index is 10.1. The molecule has 0 aromatic carbocycles. The zero-order chi connectivity index (χ0) is 10.6. The number of aliphatic hydroxyl groups is 1. The highest BCUT2D eigenvalue weighted by Gasteiger charge is 2.21. The summed E-state index contributed by atoms with van der Waals surface area (Å²) >= 11 is 1.66. The second kappa shape index (κ2) is 5.49. The standard InChI is InChI=1S/C11H18O2S/c1-4-10(13-5-2)11(12)9-6-7-14-8(9)3/h6-7,10-12H,4-5H2,1-3H3. The first kappa shape index (κ1) is 11.7. The van der Waals surface area contributed by atoms with Gasteiger partial charge in [0.15, 0.2) is 0 Å². The Morgan fingerprint density at radius 2 is 2.21 bits per heavy atom. The number of aryl methyl sites for hydroxylation is 1. The number of rotatable bonds is 5. The molecule has 0 aliphatic carbocycles. The van der Waals surface area contributed by atoms with Crippen LogP contribution in [0.1, 0.15) is 36.8 Å². The van der Waals surface area contributed by atoms with Gasteiger partial charge in [-0.2, -0.15) is 0 Å². The van der Waals surface area contributed by atoms with E-state index < -0.39 is 6.10 Å². The lowest BCUT2D eigenvalue weighted by atomic mass is 10.0. The van der Waals surface area contributed by atoms with Crippen LogP contribution < -0.4 is 0 Å². The van der Waals surface area contributed by atoms with Gasteiger partial charge in [-0.25, -0.2) is 0 Å². The molecule has 1 N–H and O–H groups in total. The van der Waals surface area contributed by atoms with Gasteiger partial charge in [0.2, 0.25) is 0 Å². The van der Waals surface area contributed by atoms with E-state index in [4.69, 9.17) is 4.74 Å². The molecule has 2 nitrogen and oxygen atoms in total. The van der Waals surface area contributed by atoms with Gasteiger partial charge in [-0.3, -0.25) is 0 Å². The normalized spacial score (nSPS) is 15.4. The van der Waals surface area contributed by atoms with Gasteiger partial charge in [0.1, 0.15) is 6.10 Å². The topological polar surface area (TPSA) is 29.5 Å². The van der Waals surface area contributed by atoms with Crippen LogP contribution in [0.2, 0.25) is 0 Å². The maximum absolute atomic E-state index is 10.1. The van der Waals surface area contributed by atoms with Crippen molar-refractivity contribution in [1.29, 1.82) is 0 Å². The third-order valence-electron chi connectivity index (χ3n) is 2.35. The smallest absolute Gasteiger partial charge is 0.106 e. The summed E-state index contributed by atoms with van der Waals surface area (Å²) < 4.78 is 5.49. The molecule has 0 fully saturated rings. The molecule has 3 heteroatoms. The number of aliphatic hydroxyl groups excluding tert-OH is 1. The summed E-state index contributed by atoms with van der Waals surface area (Å²) in [7, 11) is 0. The monoisotopic (exact) mass is 214 g/mol. The van der Waals surface area contributed by atoms with Crippen molar-refractivity contribution in [3.05, 3.63) is 21.9 Å². The van der Waals surface area contributed by atoms with Gasteiger partial charge in [0.05, 0.1) is 6.10 Å². The number of hydrogen-bond donors (Lipinski definition) is 1. The summed E-state index contributed by atoms with van der Waals surface area (Å²) in [6.45, 7) is 6.67. The highest BCUT2D eigenvalue weighted by molar-refractivity contribution is 7.10. The van der Waals surface area contributed by atoms with Gasteiger partial charge in [-0.15, -0.1) is 11.3 Å². The molecule has 0 aliphatic rings. The van der Waals surface area contributed by atoms with E-state index in [0.717, 1.165) is 12.0 Å². The summed E-state index contributed by atoms with van der Waals surface area (Å²) in [4.78, 5) is 1.18. The highest BCUT2D eigenvalue weighted by Crippen LogP contribution is 2.27. The Hall–Kier alpha value is -0.380. The van der Waals surface area contributed by atoms with Crippen molar-refractivity contribution in [3.8, 4) is 0 Å². The summed E-state index contributed by atoms with van der Waals surface area (Å²) in [5.74, 6) is 0. The van der Waals surface area contributed by atoms with Gasteiger partial charge >= 0.3 is 0 Å². The predicted molar refractivity (Wildman–Crippen MR) is 59.7 cm³/mol. The lowest BCUT2D eigenvalue weighted by Crippen LogP contribution is -2.21. The summed E-state index contributed by atoms with van der Waals surface area (Å²) in [6, 6.07) is 1.98. The quantitative estimate of drug-likeness (QED) is 0.816. The van der Waals surface area contributed by atoms with E-state index in [1.54, 1.807) is 11.3 Å². The fraction of sp³-hybridized carbons (Fsp3) is 0.636. The third-order valence-corrected chi connectivity index (χ3v) is 3.21. The minimum absolute atomic E-state index is 0.0756. The SMILES string of the molecule is CCOC(CC)C(O)c1ccsc1C. The summed E-state index contributed by atoms with van der Waals surface area (Å²) in [5, 5.41) is 12.1. The molecule has 1 heterocycles. The fourth-order valence-electron chi connectivity index (χ4n) is 1.55. The third kappa shape index (κ3) is 2.56. The molecule has 80 valence electrons. The molecule has 1 aromatic heterocycles. The minimum Gasteiger partial charge on any atom is -0.386 e. The average molecular weight is 214 g/mol. The Balaban J connectivity index is 2.72. The Kier molecular flexibility index (Phi) is 4.58. The molecule has 0 bridgehead atoms. The molecule has 1 aromatic rings. The molecule has 2 unspecified atom stereocenters. The van der Waals surface area contributed by atoms with E-state index in [2.05, 4.69) is 0 Å². The van der Waals surface area contributed by atoms with Crippen molar-refractivity contribution in [2.75, 3.05) is 6.61 Å². The zero-order valence-electron chi connectivity index (χ0n) is 8.99. The van der Waals surface area contributed by atoms with E-state index in [0.29, 0.717) is 6.61 Å². The average Bonchev–Trinajstić information content (AvgIpc) is 2.59. The van der Waals surface area contributed by atoms with Crippen LogP contribution in [0.15, 0.2) is 11.4 Å². The molecule has 14 heavy (non-hydrogen) atoms. The molecular weight excluding hydrogens is 196 g/mol. The number of hydrogen-bond acceptors (Lipinski definition) is 3. The Morgan fingerprint density at radius 1 is 1.50 bits per heavy atom. The van der Waals surface area contributed by atoms with E-state index in [1.165, 1.54) is 4.88 Å². The van der Waals surface area contributed by atoms with Crippen LogP contribution in [0.3, 0.4) is 0 Å². The molecule has 0 saturated heterocycles. The predicted octanol–water partition coefficient (Wildman–Crippen LogP) is 2.91. The van der Waals surface area contributed by atoms with Crippen LogP contribution in [0.5, 0.6) is 0 Å². The van der Waals surface area contributed by atoms with Crippen molar-refractivity contribution < 1.29 is 9.84 Å². The lowest BCUT2D eigenvalue weighted by molar-refractivity contribution is -0.0356. The second-order valence-corrected chi connectivity index (χ2v) is 4.40. The van der Waals surface area contributed by atoms with Gasteiger partial charge < -0.3 is 9.84 Å². The van der Waals surface area contributed by atoms with Crippen molar-refractivity contribution in [3.63, 3.8) is 0 Å². The highest BCUT2D eigenvalue weighted by atomic mass is 32.1. The minimum atomic E-state index is -0.480. The zero-order valence-corrected chi connectivity index (χ0v) is 9.80. The molecule has 0 radical (unpaired) electrons. The van der Waals surface area contributed by atoms with Crippen molar-refractivity contribution >= 4 is 11.3 Å². The van der Waals surface area contributed by atoms with E-state index in [1.807, 2.05) is 32.2 Å². The van der Waals surface area contributed by atoms with Crippen molar-refractivity contribution in [2.24, 2.45) is 0 Å². The van der Waals surface area contributed by atoms with Crippen LogP contribution >= 0.6 is 11.3 Å². The van der Waals surface area contributed by atoms with E-state index in [-0.39, 0.29) is 6.10 Å². The van der Waals surface area contributed by atoms with E-state index >= 15 is 0 Å². The number of ether oxygens (including phenoxy) is 1. The largest absolute Gasteiger partial charge is 0.386 e. The van der Waals surface area contributed by atoms with Gasteiger partial charge in [0, 0.05) is 11.5 Å². The van der Waals surface area contributed by atoms with Crippen LogP contribution in [0.4, 0.5) is 0 Å². The van der Waals surface area contributed by atoms with Crippen LogP contribution in [0, 0.1) is 6.92 Å². The summed E-state index contributed by atoms with van der Waals surface area (Å²) in [6.07, 6.45) is 0.282. The van der Waals surface area contributed by atoms with E-state index in [9.17, 15) is 5.11 Å². The number of thiophene rings is 1. The Morgan fingerprint density at radius 3 is 2.64 bits per heavy atom. The van der Waals surface area contributed by atoms with Crippen LogP contribution in [0.25, 0.3) is 0 Å². The fourth-order valence-corrected chi connectivity index (χ4v) is 2.29. The van der Waals surface area contributed by atoms with Gasteiger partial charge in [0.25, 0.3) is 0 Å². The van der Waals surface area contributed by atoms with Crippen LogP contribution in [-0.2, 0) is 4.74 Å². The maximum Gasteiger partial charge on any atom is 0.106 e. The molecule has 0 amide bonds. The van der Waals surface area contributed by atoms with Crippen molar-refractivity contribution in [1.82, 2.24) is 0 Å². The molecular formula is C11H18O2S. The second-order valence-electron chi connectivity index (χ2n) is 3.28. The molecule has 0 spiro atoms. The first-order chi connectivity index (χ1) is 6.70.